The summed E-state index contributed by atoms with van der Waals surface area (Å²) in [4.78, 5) is 2.27. The average Bonchev–Trinajstić information content (AvgIpc) is 2.39. The highest BCUT2D eigenvalue weighted by Gasteiger charge is 2.39. The Morgan fingerprint density at radius 2 is 1.80 bits per heavy atom. The lowest BCUT2D eigenvalue weighted by Gasteiger charge is -2.47. The van der Waals surface area contributed by atoms with Crippen molar-refractivity contribution in [1.82, 2.24) is 4.90 Å². The normalized spacial score (nSPS) is 17.6. The molecule has 0 atom stereocenters. The number of benzene rings is 1. The van der Waals surface area contributed by atoms with Crippen molar-refractivity contribution >= 4 is 0 Å². The van der Waals surface area contributed by atoms with Crippen LogP contribution in [0, 0.1) is 6.92 Å². The van der Waals surface area contributed by atoms with Crippen molar-refractivity contribution in [2.75, 3.05) is 27.3 Å². The van der Waals surface area contributed by atoms with E-state index in [4.69, 9.17) is 9.47 Å². The molecule has 1 fully saturated rings. The van der Waals surface area contributed by atoms with Gasteiger partial charge in [0, 0.05) is 19.6 Å². The smallest absolute Gasteiger partial charge is 0.161 e. The van der Waals surface area contributed by atoms with Crippen molar-refractivity contribution in [3.05, 3.63) is 23.3 Å². The number of likely N-dealkylation sites (tertiary alicyclic amines) is 1. The van der Waals surface area contributed by atoms with E-state index in [-0.39, 0.29) is 0 Å². The summed E-state index contributed by atoms with van der Waals surface area (Å²) in [6.07, 6.45) is 1.91. The average molecular weight is 279 g/mol. The molecule has 0 unspecified atom stereocenters. The zero-order valence-electron chi connectivity index (χ0n) is 12.9. The van der Waals surface area contributed by atoms with Crippen LogP contribution in [0.25, 0.3) is 0 Å². The van der Waals surface area contributed by atoms with Crippen LogP contribution in [0.3, 0.4) is 0 Å². The van der Waals surface area contributed by atoms with Gasteiger partial charge in [-0.25, -0.2) is 0 Å². The van der Waals surface area contributed by atoms with Crippen LogP contribution in [-0.4, -0.2) is 42.9 Å². The quantitative estimate of drug-likeness (QED) is 0.868. The summed E-state index contributed by atoms with van der Waals surface area (Å²) in [6.45, 7) is 6.55. The van der Waals surface area contributed by atoms with Crippen molar-refractivity contribution in [2.45, 2.75) is 38.8 Å². The maximum atomic E-state index is 10.2. The minimum absolute atomic E-state index is 0.473. The van der Waals surface area contributed by atoms with E-state index in [1.807, 2.05) is 12.1 Å². The Bertz CT molecular complexity index is 467. The Morgan fingerprint density at radius 1 is 1.20 bits per heavy atom. The molecule has 1 aromatic carbocycles. The van der Waals surface area contributed by atoms with Crippen LogP contribution in [0.5, 0.6) is 11.5 Å². The molecule has 1 saturated heterocycles. The van der Waals surface area contributed by atoms with E-state index in [2.05, 4.69) is 18.7 Å². The number of nitrogens with zero attached hydrogens (tertiary/aromatic N) is 1. The second-order valence-electron chi connectivity index (χ2n) is 5.75. The fourth-order valence-corrected chi connectivity index (χ4v) is 2.96. The summed E-state index contributed by atoms with van der Waals surface area (Å²) in [5.41, 5.74) is 1.94. The molecule has 0 aromatic heterocycles. The van der Waals surface area contributed by atoms with Crippen LogP contribution in [-0.2, 0) is 6.54 Å². The largest absolute Gasteiger partial charge is 0.493 e. The molecular formula is C16H25NO3. The lowest BCUT2D eigenvalue weighted by molar-refractivity contribution is -0.106. The first-order chi connectivity index (χ1) is 9.51. The van der Waals surface area contributed by atoms with E-state index in [1.54, 1.807) is 14.2 Å². The Balaban J connectivity index is 2.04. The number of hydrogen-bond acceptors (Lipinski definition) is 4. The zero-order valence-corrected chi connectivity index (χ0v) is 12.9. The summed E-state index contributed by atoms with van der Waals surface area (Å²) in [5.74, 6) is 1.53. The number of β-amino-alcohol motifs (C(OH)–C–C–N with tert-alkyl or cyclic N) is 1. The highest BCUT2D eigenvalue weighted by molar-refractivity contribution is 5.47. The minimum atomic E-state index is -0.473. The molecule has 112 valence electrons. The predicted octanol–water partition coefficient (Wildman–Crippen LogP) is 2.36. The van der Waals surface area contributed by atoms with Gasteiger partial charge in [-0.1, -0.05) is 13.3 Å². The van der Waals surface area contributed by atoms with Crippen molar-refractivity contribution < 1.29 is 14.6 Å². The molecule has 0 bridgehead atoms. The number of methoxy groups -OCH3 is 2. The lowest BCUT2D eigenvalue weighted by atomic mass is 9.88. The summed E-state index contributed by atoms with van der Waals surface area (Å²) in [6, 6.07) is 4.04. The minimum Gasteiger partial charge on any atom is -0.493 e. The van der Waals surface area contributed by atoms with Crippen molar-refractivity contribution in [1.29, 1.82) is 0 Å². The third-order valence-electron chi connectivity index (χ3n) is 3.99. The molecule has 1 aliphatic heterocycles. The van der Waals surface area contributed by atoms with Crippen LogP contribution >= 0.6 is 0 Å². The molecule has 0 saturated carbocycles. The molecule has 1 N–H and O–H groups in total. The van der Waals surface area contributed by atoms with Gasteiger partial charge in [0.1, 0.15) is 0 Å². The highest BCUT2D eigenvalue weighted by Crippen LogP contribution is 2.33. The summed E-state index contributed by atoms with van der Waals surface area (Å²) < 4.78 is 10.7. The second kappa shape index (κ2) is 6.02. The number of aliphatic hydroxyl groups is 1. The molecule has 20 heavy (non-hydrogen) atoms. The molecule has 0 radical (unpaired) electrons. The third-order valence-corrected chi connectivity index (χ3v) is 3.99. The first-order valence-electron chi connectivity index (χ1n) is 7.17. The summed E-state index contributed by atoms with van der Waals surface area (Å²) in [7, 11) is 3.30. The van der Waals surface area contributed by atoms with E-state index >= 15 is 0 Å². The van der Waals surface area contributed by atoms with E-state index in [1.165, 1.54) is 11.1 Å². The van der Waals surface area contributed by atoms with Crippen molar-refractivity contribution in [3.8, 4) is 11.5 Å². The first-order valence-corrected chi connectivity index (χ1v) is 7.17. The van der Waals surface area contributed by atoms with E-state index in [9.17, 15) is 5.11 Å². The molecule has 0 aliphatic carbocycles. The lowest BCUT2D eigenvalue weighted by Crippen LogP contribution is -2.61. The van der Waals surface area contributed by atoms with Crippen molar-refractivity contribution in [2.24, 2.45) is 0 Å². The monoisotopic (exact) mass is 279 g/mol. The second-order valence-corrected chi connectivity index (χ2v) is 5.75. The Hall–Kier alpha value is -1.26. The molecule has 0 amide bonds. The van der Waals surface area contributed by atoms with E-state index in [0.717, 1.165) is 44.0 Å². The van der Waals surface area contributed by atoms with Crippen LogP contribution < -0.4 is 9.47 Å². The Labute approximate surface area is 121 Å². The molecule has 0 spiro atoms. The number of rotatable bonds is 6. The van der Waals surface area contributed by atoms with Gasteiger partial charge < -0.3 is 14.6 Å². The van der Waals surface area contributed by atoms with Crippen LogP contribution in [0.15, 0.2) is 12.1 Å². The van der Waals surface area contributed by atoms with Gasteiger partial charge in [-0.05, 0) is 36.6 Å². The van der Waals surface area contributed by atoms with Crippen LogP contribution in [0.1, 0.15) is 30.9 Å². The van der Waals surface area contributed by atoms with Crippen LogP contribution in [0.2, 0.25) is 0 Å². The molecule has 4 nitrogen and oxygen atoms in total. The van der Waals surface area contributed by atoms with E-state index < -0.39 is 5.60 Å². The predicted molar refractivity (Wildman–Crippen MR) is 79.4 cm³/mol. The van der Waals surface area contributed by atoms with Gasteiger partial charge >= 0.3 is 0 Å². The maximum absolute atomic E-state index is 10.2. The fraction of sp³-hybridized carbons (Fsp3) is 0.625. The molecule has 4 heteroatoms. The molecular weight excluding hydrogens is 254 g/mol. The third kappa shape index (κ3) is 3.07. The standard InChI is InChI=1S/C16H25NO3/c1-5-6-16(18)10-17(11-16)9-13-8-15(20-4)14(19-3)7-12(13)2/h7-8,18H,5-6,9-11H2,1-4H3. The van der Waals surface area contributed by atoms with Crippen molar-refractivity contribution in [3.63, 3.8) is 0 Å². The maximum Gasteiger partial charge on any atom is 0.161 e. The van der Waals surface area contributed by atoms with Gasteiger partial charge in [-0.2, -0.15) is 0 Å². The summed E-state index contributed by atoms with van der Waals surface area (Å²) in [5, 5.41) is 10.2. The highest BCUT2D eigenvalue weighted by atomic mass is 16.5. The zero-order chi connectivity index (χ0) is 14.8. The molecule has 1 heterocycles. The first kappa shape index (κ1) is 15.1. The molecule has 2 rings (SSSR count). The topological polar surface area (TPSA) is 41.9 Å². The molecule has 1 aliphatic rings. The number of aryl methyl sites for hydroxylation is 1. The van der Waals surface area contributed by atoms with E-state index in [0.29, 0.717) is 0 Å². The van der Waals surface area contributed by atoms with Gasteiger partial charge in [0.25, 0.3) is 0 Å². The van der Waals surface area contributed by atoms with Crippen LogP contribution in [0.4, 0.5) is 0 Å². The Kier molecular flexibility index (Phi) is 4.55. The fourth-order valence-electron chi connectivity index (χ4n) is 2.96. The van der Waals surface area contributed by atoms with Gasteiger partial charge in [-0.3, -0.25) is 4.90 Å². The number of ether oxygens (including phenoxy) is 2. The summed E-state index contributed by atoms with van der Waals surface area (Å²) >= 11 is 0. The Morgan fingerprint density at radius 3 is 2.35 bits per heavy atom. The van der Waals surface area contributed by atoms with Gasteiger partial charge in [-0.15, -0.1) is 0 Å². The number of hydrogen-bond donors (Lipinski definition) is 1. The van der Waals surface area contributed by atoms with Gasteiger partial charge in [0.05, 0.1) is 19.8 Å². The SMILES string of the molecule is CCCC1(O)CN(Cc2cc(OC)c(OC)cc2C)C1. The van der Waals surface area contributed by atoms with Gasteiger partial charge in [0.2, 0.25) is 0 Å². The molecule has 1 aromatic rings. The van der Waals surface area contributed by atoms with Gasteiger partial charge in [0.15, 0.2) is 11.5 Å².